The van der Waals surface area contributed by atoms with E-state index >= 15 is 0 Å². The van der Waals surface area contributed by atoms with E-state index in [4.69, 9.17) is 11.5 Å². The Balaban J connectivity index is 1.86. The zero-order valence-corrected chi connectivity index (χ0v) is 18.7. The third kappa shape index (κ3) is 2.21. The molecule has 0 heterocycles. The van der Waals surface area contributed by atoms with Gasteiger partial charge in [0.1, 0.15) is 0 Å². The number of rotatable bonds is 2. The van der Waals surface area contributed by atoms with Crippen LogP contribution in [0.1, 0.15) is 58.4 Å². The Morgan fingerprint density at radius 2 is 1.19 bits per heavy atom. The molecule has 6 rings (SSSR count). The number of hydrogen-bond donors (Lipinski definition) is 2. The summed E-state index contributed by atoms with van der Waals surface area (Å²) in [4.78, 5) is 0. The molecule has 0 radical (unpaired) electrons. The van der Waals surface area contributed by atoms with Crippen molar-refractivity contribution in [1.82, 2.24) is 0 Å². The minimum Gasteiger partial charge on any atom is -0.326 e. The molecule has 0 fully saturated rings. The first-order chi connectivity index (χ1) is 15.5. The molecule has 0 amide bonds. The van der Waals surface area contributed by atoms with Gasteiger partial charge in [-0.15, -0.1) is 0 Å². The van der Waals surface area contributed by atoms with Crippen LogP contribution in [0.2, 0.25) is 0 Å². The molecule has 4 N–H and O–H groups in total. The highest BCUT2D eigenvalue weighted by atomic mass is 14.6. The third-order valence-corrected chi connectivity index (χ3v) is 7.78. The first-order valence-electron chi connectivity index (χ1n) is 11.4. The summed E-state index contributed by atoms with van der Waals surface area (Å²) in [5, 5.41) is 0. The van der Waals surface area contributed by atoms with Crippen LogP contribution < -0.4 is 11.5 Å². The topological polar surface area (TPSA) is 52.0 Å². The van der Waals surface area contributed by atoms with E-state index in [1.807, 2.05) is 0 Å². The number of fused-ring (bicyclic) bond motifs is 9. The van der Waals surface area contributed by atoms with Gasteiger partial charge in [0.2, 0.25) is 0 Å². The minimum absolute atomic E-state index is 0.0793. The lowest BCUT2D eigenvalue weighted by Crippen LogP contribution is -2.40. The molecule has 2 nitrogen and oxygen atoms in total. The molecule has 32 heavy (non-hydrogen) atoms. The zero-order valence-electron chi connectivity index (χ0n) is 18.7. The van der Waals surface area contributed by atoms with Gasteiger partial charge >= 0.3 is 0 Å². The lowest BCUT2D eigenvalue weighted by atomic mass is 9.55. The van der Waals surface area contributed by atoms with Gasteiger partial charge in [-0.3, -0.25) is 0 Å². The summed E-state index contributed by atoms with van der Waals surface area (Å²) in [6.45, 7) is 5.74. The molecule has 0 atom stereocenters. The molecule has 4 aromatic rings. The van der Waals surface area contributed by atoms with Gasteiger partial charge in [-0.1, -0.05) is 92.7 Å². The van der Waals surface area contributed by atoms with E-state index in [1.54, 1.807) is 0 Å². The standard InChI is InChI=1S/C30H28N2/c1-29(2)23-9-3-5-11-25(23)30(26-12-6-4-10-24(26)29)22-15-14-19(17-31)16-21(22)28-20(18-32)8-7-13-27(28)30/h3-16H,17-18,31-32H2,1-2H3. The Morgan fingerprint density at radius 1 is 0.594 bits per heavy atom. The summed E-state index contributed by atoms with van der Waals surface area (Å²) >= 11 is 0. The highest BCUT2D eigenvalue weighted by molar-refractivity contribution is 5.90. The van der Waals surface area contributed by atoms with E-state index < -0.39 is 0 Å². The molecule has 0 bridgehead atoms. The number of nitrogens with two attached hydrogens (primary N) is 2. The molecule has 0 unspecified atom stereocenters. The summed E-state index contributed by atoms with van der Waals surface area (Å²) < 4.78 is 0. The van der Waals surface area contributed by atoms with E-state index in [2.05, 4.69) is 98.8 Å². The van der Waals surface area contributed by atoms with Crippen LogP contribution in [-0.2, 0) is 23.9 Å². The van der Waals surface area contributed by atoms with Crippen LogP contribution in [0.3, 0.4) is 0 Å². The van der Waals surface area contributed by atoms with Crippen molar-refractivity contribution >= 4 is 0 Å². The molecule has 0 saturated carbocycles. The molecular weight excluding hydrogens is 388 g/mol. The Kier molecular flexibility index (Phi) is 4.05. The maximum absolute atomic E-state index is 6.28. The lowest BCUT2D eigenvalue weighted by molar-refractivity contribution is 0.563. The SMILES string of the molecule is CC1(C)c2ccccc2C2(c3ccc(CN)cc3-c3c(CN)cccc32)c2ccccc21. The van der Waals surface area contributed by atoms with Crippen molar-refractivity contribution in [1.29, 1.82) is 0 Å². The summed E-state index contributed by atoms with van der Waals surface area (Å²) in [5.41, 5.74) is 25.0. The normalized spacial score (nSPS) is 16.2. The van der Waals surface area contributed by atoms with Crippen molar-refractivity contribution in [2.45, 2.75) is 37.8 Å². The van der Waals surface area contributed by atoms with E-state index in [0.29, 0.717) is 13.1 Å². The van der Waals surface area contributed by atoms with E-state index in [9.17, 15) is 0 Å². The maximum Gasteiger partial charge on any atom is 0.0719 e. The smallest absolute Gasteiger partial charge is 0.0719 e. The van der Waals surface area contributed by atoms with Crippen LogP contribution in [0.5, 0.6) is 0 Å². The maximum atomic E-state index is 6.28. The molecule has 0 aliphatic heterocycles. The van der Waals surface area contributed by atoms with Crippen LogP contribution in [0.15, 0.2) is 84.9 Å². The molecule has 2 aliphatic carbocycles. The quantitative estimate of drug-likeness (QED) is 0.393. The Labute approximate surface area is 189 Å². The first-order valence-corrected chi connectivity index (χ1v) is 11.4. The average Bonchev–Trinajstić information content (AvgIpc) is 3.13. The number of benzene rings is 4. The predicted octanol–water partition coefficient (Wildman–Crippen LogP) is 5.61. The van der Waals surface area contributed by atoms with E-state index in [1.165, 1.54) is 50.1 Å². The molecular formula is C30H28N2. The van der Waals surface area contributed by atoms with Gasteiger partial charge in [0, 0.05) is 18.5 Å². The molecule has 0 saturated heterocycles. The van der Waals surface area contributed by atoms with Gasteiger partial charge in [-0.2, -0.15) is 0 Å². The van der Waals surface area contributed by atoms with Crippen molar-refractivity contribution in [3.05, 3.63) is 129 Å². The van der Waals surface area contributed by atoms with Crippen molar-refractivity contribution in [3.8, 4) is 11.1 Å². The van der Waals surface area contributed by atoms with Gasteiger partial charge < -0.3 is 11.5 Å². The molecule has 2 heteroatoms. The molecule has 4 aromatic carbocycles. The fraction of sp³-hybridized carbons (Fsp3) is 0.200. The van der Waals surface area contributed by atoms with Crippen LogP contribution in [0.25, 0.3) is 11.1 Å². The second-order valence-corrected chi connectivity index (χ2v) is 9.59. The summed E-state index contributed by atoms with van der Waals surface area (Å²) in [6, 6.07) is 31.4. The van der Waals surface area contributed by atoms with Crippen LogP contribution in [-0.4, -0.2) is 0 Å². The van der Waals surface area contributed by atoms with Crippen LogP contribution >= 0.6 is 0 Å². The molecule has 1 spiro atoms. The highest BCUT2D eigenvalue weighted by Gasteiger charge is 2.53. The van der Waals surface area contributed by atoms with Crippen molar-refractivity contribution in [3.63, 3.8) is 0 Å². The second kappa shape index (κ2) is 6.65. The van der Waals surface area contributed by atoms with Crippen LogP contribution in [0.4, 0.5) is 0 Å². The molecule has 0 aromatic heterocycles. The second-order valence-electron chi connectivity index (χ2n) is 9.59. The first kappa shape index (κ1) is 19.5. The summed E-state index contributed by atoms with van der Waals surface area (Å²) in [5.74, 6) is 0. The Bertz CT molecular complexity index is 1330. The summed E-state index contributed by atoms with van der Waals surface area (Å²) in [7, 11) is 0. The third-order valence-electron chi connectivity index (χ3n) is 7.78. The van der Waals surface area contributed by atoms with Gasteiger partial charge in [-0.25, -0.2) is 0 Å². The molecule has 2 aliphatic rings. The fourth-order valence-corrected chi connectivity index (χ4v) is 6.38. The van der Waals surface area contributed by atoms with E-state index in [-0.39, 0.29) is 10.8 Å². The van der Waals surface area contributed by atoms with Crippen molar-refractivity contribution < 1.29 is 0 Å². The average molecular weight is 417 g/mol. The van der Waals surface area contributed by atoms with Gasteiger partial charge in [0.25, 0.3) is 0 Å². The van der Waals surface area contributed by atoms with Crippen molar-refractivity contribution in [2.75, 3.05) is 0 Å². The van der Waals surface area contributed by atoms with E-state index in [0.717, 1.165) is 5.56 Å². The van der Waals surface area contributed by atoms with Gasteiger partial charge in [-0.05, 0) is 61.7 Å². The monoisotopic (exact) mass is 416 g/mol. The molecule has 158 valence electrons. The number of hydrogen-bond acceptors (Lipinski definition) is 2. The van der Waals surface area contributed by atoms with Gasteiger partial charge in [0.15, 0.2) is 0 Å². The highest BCUT2D eigenvalue weighted by Crippen LogP contribution is 2.62. The fourth-order valence-electron chi connectivity index (χ4n) is 6.38. The minimum atomic E-state index is -0.355. The van der Waals surface area contributed by atoms with Gasteiger partial charge in [0.05, 0.1) is 5.41 Å². The lowest BCUT2D eigenvalue weighted by Gasteiger charge is -2.46. The van der Waals surface area contributed by atoms with Crippen molar-refractivity contribution in [2.24, 2.45) is 11.5 Å². The Morgan fingerprint density at radius 3 is 1.78 bits per heavy atom. The predicted molar refractivity (Wildman–Crippen MR) is 132 cm³/mol. The largest absolute Gasteiger partial charge is 0.326 e. The Hall–Kier alpha value is -3.20. The summed E-state index contributed by atoms with van der Waals surface area (Å²) in [6.07, 6.45) is 0. The van der Waals surface area contributed by atoms with Crippen LogP contribution in [0, 0.1) is 0 Å². The zero-order chi connectivity index (χ0) is 22.1.